The molecule has 0 saturated heterocycles. The van der Waals surface area contributed by atoms with Crippen LogP contribution in [-0.2, 0) is 4.74 Å². The minimum Gasteiger partial charge on any atom is -0.496 e. The number of fused-ring (bicyclic) bond motifs is 3. The summed E-state index contributed by atoms with van der Waals surface area (Å²) in [6.07, 6.45) is 10.2. The molecule has 202 valence electrons. The summed E-state index contributed by atoms with van der Waals surface area (Å²) < 4.78 is 44.3. The lowest BCUT2D eigenvalue weighted by atomic mass is 9.87. The van der Waals surface area contributed by atoms with Gasteiger partial charge in [0.1, 0.15) is 22.9 Å². The van der Waals surface area contributed by atoms with Gasteiger partial charge < -0.3 is 18.6 Å². The molecule has 2 aliphatic carbocycles. The van der Waals surface area contributed by atoms with Gasteiger partial charge in [-0.2, -0.15) is 8.78 Å². The number of methoxy groups -OCH3 is 1. The highest BCUT2D eigenvalue weighted by atomic mass is 19.3. The van der Waals surface area contributed by atoms with Gasteiger partial charge in [0, 0.05) is 22.9 Å². The quantitative estimate of drug-likeness (QED) is 0.258. The van der Waals surface area contributed by atoms with E-state index in [1.807, 2.05) is 26.1 Å². The van der Waals surface area contributed by atoms with E-state index in [4.69, 9.17) is 24.0 Å². The summed E-state index contributed by atoms with van der Waals surface area (Å²) in [6.45, 7) is 1.10. The second-order valence-corrected chi connectivity index (χ2v) is 10.8. The van der Waals surface area contributed by atoms with Gasteiger partial charge in [0.2, 0.25) is 0 Å². The van der Waals surface area contributed by atoms with Gasteiger partial charge in [0.25, 0.3) is 0 Å². The maximum atomic E-state index is 12.9. The SMILES string of the molecule is COc1cc2c(cc1-c1c(C)noc1C)ncc1nc(C3CCCCC3)n([C@H]3CC[C@H](OC(F)F)CC3)c12. The molecule has 0 radical (unpaired) electrons. The lowest BCUT2D eigenvalue weighted by molar-refractivity contribution is -0.171. The largest absolute Gasteiger partial charge is 0.496 e. The van der Waals surface area contributed by atoms with Crippen molar-refractivity contribution in [1.82, 2.24) is 19.7 Å². The molecule has 3 aromatic heterocycles. The number of aryl methyl sites for hydroxylation is 2. The van der Waals surface area contributed by atoms with Crippen LogP contribution in [0.25, 0.3) is 33.1 Å². The fourth-order valence-corrected chi connectivity index (χ4v) is 6.66. The zero-order chi connectivity index (χ0) is 26.4. The molecule has 4 aromatic rings. The topological polar surface area (TPSA) is 75.2 Å². The normalized spacial score (nSPS) is 21.1. The molecular weight excluding hydrogens is 490 g/mol. The minimum atomic E-state index is -2.72. The molecule has 0 unspecified atom stereocenters. The number of nitrogens with zero attached hydrogens (tertiary/aromatic N) is 4. The predicted molar refractivity (Wildman–Crippen MR) is 141 cm³/mol. The van der Waals surface area contributed by atoms with E-state index in [1.54, 1.807) is 7.11 Å². The fraction of sp³-hybridized carbons (Fsp3) is 0.552. The van der Waals surface area contributed by atoms with Crippen molar-refractivity contribution in [2.45, 2.75) is 96.3 Å². The van der Waals surface area contributed by atoms with Gasteiger partial charge in [-0.15, -0.1) is 0 Å². The summed E-state index contributed by atoms with van der Waals surface area (Å²) in [5, 5.41) is 5.11. The molecule has 3 heterocycles. The van der Waals surface area contributed by atoms with Gasteiger partial charge in [0.15, 0.2) is 0 Å². The van der Waals surface area contributed by atoms with Crippen molar-refractivity contribution in [3.63, 3.8) is 0 Å². The Morgan fingerprint density at radius 1 is 1.00 bits per heavy atom. The standard InChI is InChI=1S/C29H34F2N4O3/c1-16-26(17(2)38-34-16)22-13-23-21(14-25(22)36-3)27-24(15-32-23)33-28(18-7-5-4-6-8-18)35(27)19-9-11-20(12-10-19)37-29(30)31/h13-15,18-20,29H,4-12H2,1-3H3/t19-,20-. The third kappa shape index (κ3) is 4.44. The van der Waals surface area contributed by atoms with Crippen LogP contribution in [-0.4, -0.2) is 39.5 Å². The molecule has 6 rings (SSSR count). The number of aromatic nitrogens is 4. The van der Waals surface area contributed by atoms with E-state index < -0.39 is 12.7 Å². The number of hydrogen-bond acceptors (Lipinski definition) is 6. The van der Waals surface area contributed by atoms with Gasteiger partial charge in [-0.3, -0.25) is 4.98 Å². The Morgan fingerprint density at radius 3 is 2.42 bits per heavy atom. The highest BCUT2D eigenvalue weighted by molar-refractivity contribution is 6.05. The number of halogens is 2. The number of pyridine rings is 1. The highest BCUT2D eigenvalue weighted by Crippen LogP contribution is 2.43. The zero-order valence-corrected chi connectivity index (χ0v) is 22.2. The molecule has 1 aromatic carbocycles. The summed E-state index contributed by atoms with van der Waals surface area (Å²) in [5.74, 6) is 2.96. The number of hydrogen-bond donors (Lipinski definition) is 0. The van der Waals surface area contributed by atoms with Crippen LogP contribution in [0.3, 0.4) is 0 Å². The number of alkyl halides is 2. The van der Waals surface area contributed by atoms with E-state index in [2.05, 4.69) is 15.8 Å². The first-order chi connectivity index (χ1) is 18.4. The summed E-state index contributed by atoms with van der Waals surface area (Å²) in [4.78, 5) is 9.99. The Hall–Kier alpha value is -3.07. The van der Waals surface area contributed by atoms with E-state index in [1.165, 1.54) is 19.3 Å². The average molecular weight is 525 g/mol. The molecule has 2 fully saturated rings. The molecule has 0 aliphatic heterocycles. The molecule has 0 bridgehead atoms. The third-order valence-electron chi connectivity index (χ3n) is 8.44. The maximum Gasteiger partial charge on any atom is 0.345 e. The predicted octanol–water partition coefficient (Wildman–Crippen LogP) is 7.64. The minimum absolute atomic E-state index is 0.174. The van der Waals surface area contributed by atoms with Gasteiger partial charge in [0.05, 0.1) is 41.7 Å². The molecule has 0 N–H and O–H groups in total. The molecule has 0 atom stereocenters. The molecule has 0 spiro atoms. The van der Waals surface area contributed by atoms with E-state index in [-0.39, 0.29) is 6.04 Å². The smallest absolute Gasteiger partial charge is 0.345 e. The lowest BCUT2D eigenvalue weighted by Gasteiger charge is -2.32. The summed E-state index contributed by atoms with van der Waals surface area (Å²) in [6, 6.07) is 4.28. The Bertz CT molecular complexity index is 1430. The first kappa shape index (κ1) is 25.2. The van der Waals surface area contributed by atoms with Gasteiger partial charge >= 0.3 is 6.61 Å². The van der Waals surface area contributed by atoms with Crippen LogP contribution in [0.1, 0.15) is 87.0 Å². The van der Waals surface area contributed by atoms with Crippen LogP contribution in [0.15, 0.2) is 22.9 Å². The Kier molecular flexibility index (Phi) is 6.80. The van der Waals surface area contributed by atoms with Crippen molar-refractivity contribution in [3.8, 4) is 16.9 Å². The molecule has 2 aliphatic rings. The number of benzene rings is 1. The first-order valence-corrected chi connectivity index (χ1v) is 13.7. The van der Waals surface area contributed by atoms with E-state index in [0.717, 1.165) is 81.8 Å². The van der Waals surface area contributed by atoms with Crippen molar-refractivity contribution in [3.05, 3.63) is 35.6 Å². The van der Waals surface area contributed by atoms with Crippen LogP contribution in [0, 0.1) is 13.8 Å². The zero-order valence-electron chi connectivity index (χ0n) is 22.2. The van der Waals surface area contributed by atoms with E-state index in [9.17, 15) is 8.78 Å². The van der Waals surface area contributed by atoms with Gasteiger partial charge in [-0.05, 0) is 64.5 Å². The Morgan fingerprint density at radius 2 is 1.76 bits per heavy atom. The van der Waals surface area contributed by atoms with Crippen LogP contribution < -0.4 is 4.74 Å². The van der Waals surface area contributed by atoms with Crippen LogP contribution in [0.4, 0.5) is 8.78 Å². The summed E-state index contributed by atoms with van der Waals surface area (Å²) >= 11 is 0. The Balaban J connectivity index is 1.52. The number of ether oxygens (including phenoxy) is 2. The second kappa shape index (κ2) is 10.2. The molecule has 0 amide bonds. The highest BCUT2D eigenvalue weighted by Gasteiger charge is 2.31. The van der Waals surface area contributed by atoms with E-state index in [0.29, 0.717) is 18.8 Å². The number of rotatable bonds is 6. The van der Waals surface area contributed by atoms with Crippen LogP contribution >= 0.6 is 0 Å². The lowest BCUT2D eigenvalue weighted by Crippen LogP contribution is -2.26. The van der Waals surface area contributed by atoms with Crippen molar-refractivity contribution in [1.29, 1.82) is 0 Å². The average Bonchev–Trinajstić information content (AvgIpc) is 3.48. The molecule has 7 nitrogen and oxygen atoms in total. The first-order valence-electron chi connectivity index (χ1n) is 13.7. The fourth-order valence-electron chi connectivity index (χ4n) is 6.66. The number of imidazole rings is 1. The van der Waals surface area contributed by atoms with Crippen LogP contribution in [0.5, 0.6) is 5.75 Å². The van der Waals surface area contributed by atoms with Crippen molar-refractivity contribution >= 4 is 21.9 Å². The molecule has 9 heteroatoms. The molecular formula is C29H34F2N4O3. The van der Waals surface area contributed by atoms with Crippen LogP contribution in [0.2, 0.25) is 0 Å². The van der Waals surface area contributed by atoms with Gasteiger partial charge in [-0.25, -0.2) is 4.98 Å². The summed E-state index contributed by atoms with van der Waals surface area (Å²) in [7, 11) is 1.67. The van der Waals surface area contributed by atoms with E-state index >= 15 is 0 Å². The molecule has 2 saturated carbocycles. The molecule has 38 heavy (non-hydrogen) atoms. The monoisotopic (exact) mass is 524 g/mol. The summed E-state index contributed by atoms with van der Waals surface area (Å²) in [5.41, 5.74) is 5.38. The second-order valence-electron chi connectivity index (χ2n) is 10.8. The Labute approximate surface area is 220 Å². The van der Waals surface area contributed by atoms with Crippen molar-refractivity contribution < 1.29 is 22.8 Å². The maximum absolute atomic E-state index is 12.9. The third-order valence-corrected chi connectivity index (χ3v) is 8.44. The van der Waals surface area contributed by atoms with Gasteiger partial charge in [-0.1, -0.05) is 24.4 Å². The van der Waals surface area contributed by atoms with Crippen molar-refractivity contribution in [2.24, 2.45) is 0 Å². The van der Waals surface area contributed by atoms with Crippen molar-refractivity contribution in [2.75, 3.05) is 7.11 Å².